The molecular weight excluding hydrogens is 369 g/mol. The van der Waals surface area contributed by atoms with E-state index in [1.165, 1.54) is 12.1 Å². The Morgan fingerprint density at radius 2 is 1.97 bits per heavy atom. The molecule has 6 heteroatoms. The topological polar surface area (TPSA) is 62.3 Å². The molecule has 2 amide bonds. The van der Waals surface area contributed by atoms with Gasteiger partial charge in [0.15, 0.2) is 0 Å². The molecule has 2 aliphatic heterocycles. The Bertz CT molecular complexity index is 1130. The van der Waals surface area contributed by atoms with Crippen LogP contribution in [0.2, 0.25) is 0 Å². The third-order valence-electron chi connectivity index (χ3n) is 5.82. The van der Waals surface area contributed by atoms with Crippen molar-refractivity contribution < 1.29 is 14.0 Å². The van der Waals surface area contributed by atoms with Gasteiger partial charge in [0.2, 0.25) is 5.91 Å². The van der Waals surface area contributed by atoms with E-state index in [2.05, 4.69) is 10.3 Å². The molecule has 2 aliphatic rings. The van der Waals surface area contributed by atoms with Gasteiger partial charge in [-0.25, -0.2) is 4.39 Å². The zero-order chi connectivity index (χ0) is 20.0. The fraction of sp³-hybridized carbons (Fsp3) is 0.174. The molecule has 5 nitrogen and oxygen atoms in total. The van der Waals surface area contributed by atoms with Crippen LogP contribution in [0.5, 0.6) is 0 Å². The Labute approximate surface area is 167 Å². The number of hydrogen-bond acceptors (Lipinski definition) is 3. The number of nitrogens with one attached hydrogen (secondary N) is 1. The molecule has 0 aliphatic carbocycles. The second-order valence-corrected chi connectivity index (χ2v) is 7.53. The van der Waals surface area contributed by atoms with Gasteiger partial charge in [0.05, 0.1) is 5.41 Å². The predicted molar refractivity (Wildman–Crippen MR) is 107 cm³/mol. The number of anilines is 1. The summed E-state index contributed by atoms with van der Waals surface area (Å²) in [5, 5.41) is 2.93. The molecule has 1 N–H and O–H groups in total. The van der Waals surface area contributed by atoms with E-state index in [0.717, 1.165) is 16.8 Å². The standard InChI is InChI=1S/C23H18FN3O2/c24-18-11-16(15-4-3-8-25-13-15)10-17(12-18)21(28)27-9-7-23(14-27)19-5-1-2-6-20(19)26-22(23)29/h1-6,8,10-13H,7,9,14H2,(H,26,29). The van der Waals surface area contributed by atoms with Crippen molar-refractivity contribution in [2.24, 2.45) is 0 Å². The Hall–Kier alpha value is -3.54. The molecule has 29 heavy (non-hydrogen) atoms. The lowest BCUT2D eigenvalue weighted by molar-refractivity contribution is -0.120. The van der Waals surface area contributed by atoms with Crippen molar-refractivity contribution >= 4 is 17.5 Å². The minimum Gasteiger partial charge on any atom is -0.337 e. The molecule has 2 aromatic carbocycles. The minimum atomic E-state index is -0.730. The number of halogens is 1. The SMILES string of the molecule is O=C(c1cc(F)cc(-c2cccnc2)c1)N1CCC2(C1)C(=O)Nc1ccccc12. The van der Waals surface area contributed by atoms with E-state index in [-0.39, 0.29) is 23.9 Å². The largest absolute Gasteiger partial charge is 0.337 e. The van der Waals surface area contributed by atoms with Crippen molar-refractivity contribution in [2.45, 2.75) is 11.8 Å². The van der Waals surface area contributed by atoms with E-state index < -0.39 is 11.2 Å². The maximum absolute atomic E-state index is 14.3. The fourth-order valence-corrected chi connectivity index (χ4v) is 4.36. The molecule has 3 aromatic rings. The molecule has 5 rings (SSSR count). The van der Waals surface area contributed by atoms with Gasteiger partial charge in [-0.15, -0.1) is 0 Å². The first-order valence-corrected chi connectivity index (χ1v) is 9.48. The monoisotopic (exact) mass is 387 g/mol. The number of fused-ring (bicyclic) bond motifs is 2. The zero-order valence-electron chi connectivity index (χ0n) is 15.6. The average Bonchev–Trinajstić information content (AvgIpc) is 3.31. The van der Waals surface area contributed by atoms with E-state index in [1.807, 2.05) is 30.3 Å². The van der Waals surface area contributed by atoms with Crippen molar-refractivity contribution in [3.05, 3.63) is 83.9 Å². The summed E-state index contributed by atoms with van der Waals surface area (Å²) in [6, 6.07) is 15.5. The minimum absolute atomic E-state index is 0.0794. The molecule has 0 bridgehead atoms. The maximum Gasteiger partial charge on any atom is 0.254 e. The Morgan fingerprint density at radius 1 is 1.10 bits per heavy atom. The molecule has 1 atom stereocenters. The van der Waals surface area contributed by atoms with Crippen LogP contribution in [0, 0.1) is 5.82 Å². The molecule has 0 saturated carbocycles. The van der Waals surface area contributed by atoms with Crippen molar-refractivity contribution in [3.63, 3.8) is 0 Å². The van der Waals surface area contributed by atoms with Gasteiger partial charge < -0.3 is 10.2 Å². The molecule has 3 heterocycles. The van der Waals surface area contributed by atoms with Gasteiger partial charge >= 0.3 is 0 Å². The van der Waals surface area contributed by atoms with E-state index in [4.69, 9.17) is 0 Å². The van der Waals surface area contributed by atoms with Crippen molar-refractivity contribution in [1.29, 1.82) is 0 Å². The van der Waals surface area contributed by atoms with Crippen LogP contribution in [-0.2, 0) is 10.2 Å². The highest BCUT2D eigenvalue weighted by Crippen LogP contribution is 2.44. The summed E-state index contributed by atoms with van der Waals surface area (Å²) in [4.78, 5) is 31.6. The van der Waals surface area contributed by atoms with Crippen LogP contribution in [0.15, 0.2) is 67.0 Å². The summed E-state index contributed by atoms with van der Waals surface area (Å²) in [5.41, 5.74) is 2.60. The molecule has 1 saturated heterocycles. The van der Waals surface area contributed by atoms with Gasteiger partial charge in [0, 0.05) is 42.3 Å². The summed E-state index contributed by atoms with van der Waals surface area (Å²) in [6.07, 6.45) is 3.82. The molecule has 1 fully saturated rings. The van der Waals surface area contributed by atoms with Crippen LogP contribution >= 0.6 is 0 Å². The zero-order valence-corrected chi connectivity index (χ0v) is 15.6. The lowest BCUT2D eigenvalue weighted by atomic mass is 9.81. The number of nitrogens with zero attached hydrogens (tertiary/aromatic N) is 2. The van der Waals surface area contributed by atoms with Gasteiger partial charge in [-0.2, -0.15) is 0 Å². The number of aromatic nitrogens is 1. The van der Waals surface area contributed by atoms with Crippen LogP contribution in [0.1, 0.15) is 22.3 Å². The van der Waals surface area contributed by atoms with Crippen LogP contribution in [-0.4, -0.2) is 34.8 Å². The first kappa shape index (κ1) is 17.6. The lowest BCUT2D eigenvalue weighted by Gasteiger charge is -2.22. The van der Waals surface area contributed by atoms with E-state index in [1.54, 1.807) is 29.4 Å². The van der Waals surface area contributed by atoms with E-state index in [0.29, 0.717) is 18.5 Å². The van der Waals surface area contributed by atoms with Gasteiger partial charge in [-0.05, 0) is 47.9 Å². The van der Waals surface area contributed by atoms with Gasteiger partial charge in [0.25, 0.3) is 5.91 Å². The highest BCUT2D eigenvalue weighted by atomic mass is 19.1. The summed E-state index contributed by atoms with van der Waals surface area (Å²) in [5.74, 6) is -0.833. The first-order valence-electron chi connectivity index (χ1n) is 9.48. The number of carbonyl (C=O) groups is 2. The van der Waals surface area contributed by atoms with E-state index >= 15 is 0 Å². The average molecular weight is 387 g/mol. The Balaban J connectivity index is 1.46. The van der Waals surface area contributed by atoms with Crippen LogP contribution in [0.3, 0.4) is 0 Å². The van der Waals surface area contributed by atoms with Gasteiger partial charge in [0.1, 0.15) is 5.82 Å². The first-order chi connectivity index (χ1) is 14.1. The third kappa shape index (κ3) is 2.79. The summed E-state index contributed by atoms with van der Waals surface area (Å²) >= 11 is 0. The number of para-hydroxylation sites is 1. The molecule has 1 unspecified atom stereocenters. The van der Waals surface area contributed by atoms with Gasteiger partial charge in [-0.3, -0.25) is 14.6 Å². The second-order valence-electron chi connectivity index (χ2n) is 7.53. The molecule has 1 spiro atoms. The highest BCUT2D eigenvalue weighted by Gasteiger charge is 2.52. The van der Waals surface area contributed by atoms with Crippen molar-refractivity contribution in [2.75, 3.05) is 18.4 Å². The van der Waals surface area contributed by atoms with Crippen molar-refractivity contribution in [3.8, 4) is 11.1 Å². The smallest absolute Gasteiger partial charge is 0.254 e. The van der Waals surface area contributed by atoms with Crippen LogP contribution in [0.4, 0.5) is 10.1 Å². The lowest BCUT2D eigenvalue weighted by Crippen LogP contribution is -2.39. The number of likely N-dealkylation sites (tertiary alicyclic amines) is 1. The normalized spacial score (nSPS) is 20.0. The molecular formula is C23H18FN3O2. The number of rotatable bonds is 2. The second kappa shape index (κ2) is 6.51. The maximum atomic E-state index is 14.3. The number of carbonyl (C=O) groups excluding carboxylic acids is 2. The summed E-state index contributed by atoms with van der Waals surface area (Å²) in [6.45, 7) is 0.729. The van der Waals surface area contributed by atoms with E-state index in [9.17, 15) is 14.0 Å². The Kier molecular flexibility index (Phi) is 3.94. The Morgan fingerprint density at radius 3 is 2.79 bits per heavy atom. The number of benzene rings is 2. The van der Waals surface area contributed by atoms with Crippen LogP contribution < -0.4 is 5.32 Å². The van der Waals surface area contributed by atoms with Crippen molar-refractivity contribution in [1.82, 2.24) is 9.88 Å². The number of pyridine rings is 1. The quantitative estimate of drug-likeness (QED) is 0.731. The molecule has 1 aromatic heterocycles. The number of amides is 2. The number of hydrogen-bond donors (Lipinski definition) is 1. The summed E-state index contributed by atoms with van der Waals surface area (Å²) < 4.78 is 14.3. The van der Waals surface area contributed by atoms with Gasteiger partial charge in [-0.1, -0.05) is 24.3 Å². The molecule has 144 valence electrons. The summed E-state index contributed by atoms with van der Waals surface area (Å²) in [7, 11) is 0. The molecule has 0 radical (unpaired) electrons. The predicted octanol–water partition coefficient (Wildman–Crippen LogP) is 3.62. The fourth-order valence-electron chi connectivity index (χ4n) is 4.36. The third-order valence-corrected chi connectivity index (χ3v) is 5.82. The highest BCUT2D eigenvalue weighted by molar-refractivity contribution is 6.07. The van der Waals surface area contributed by atoms with Crippen LogP contribution in [0.25, 0.3) is 11.1 Å².